The molecule has 2 aromatic rings. The Hall–Kier alpha value is -2.44. The molecule has 2 aliphatic heterocycles. The molecule has 1 atom stereocenters. The van der Waals surface area contributed by atoms with Crippen molar-refractivity contribution >= 4 is 55.2 Å². The molecule has 0 bridgehead atoms. The minimum Gasteiger partial charge on any atom is -0.334 e. The second kappa shape index (κ2) is 8.97. The lowest BCUT2D eigenvalue weighted by Gasteiger charge is -2.33. The number of aromatic nitrogens is 1. The van der Waals surface area contributed by atoms with E-state index in [4.69, 9.17) is 23.2 Å². The van der Waals surface area contributed by atoms with E-state index >= 15 is 0 Å². The third-order valence-corrected chi connectivity index (χ3v) is 6.55. The van der Waals surface area contributed by atoms with Crippen molar-refractivity contribution in [3.05, 3.63) is 69.5 Å². The minimum atomic E-state index is -0.394. The molecule has 31 heavy (non-hydrogen) atoms. The Morgan fingerprint density at radius 2 is 2.13 bits per heavy atom. The Labute approximate surface area is 192 Å². The van der Waals surface area contributed by atoms with Gasteiger partial charge in [-0.15, -0.1) is 8.86 Å². The Kier molecular flexibility index (Phi) is 6.30. The lowest BCUT2D eigenvalue weighted by atomic mass is 10.0. The molecule has 2 aliphatic rings. The van der Waals surface area contributed by atoms with E-state index in [1.165, 1.54) is 12.3 Å². The molecule has 1 fully saturated rings. The number of pyridine rings is 1. The molecule has 1 aromatic heterocycles. The Bertz CT molecular complexity index is 1110. The SMILES string of the molecule is C=C1NC(=O)CCC1N1Cc2cc(CNC(=O)Nc3cc(Cl)c(Cl)cn3)ccc2C1=P. The number of piperidine rings is 1. The fourth-order valence-corrected chi connectivity index (χ4v) is 4.47. The van der Waals surface area contributed by atoms with E-state index in [1.54, 1.807) is 0 Å². The van der Waals surface area contributed by atoms with Crippen molar-refractivity contribution < 1.29 is 9.59 Å². The van der Waals surface area contributed by atoms with Crippen LogP contribution in [0.2, 0.25) is 10.0 Å². The quantitative estimate of drug-likeness (QED) is 0.584. The number of hydrogen-bond acceptors (Lipinski definition) is 3. The molecule has 4 rings (SSSR count). The first-order valence-electron chi connectivity index (χ1n) is 9.63. The van der Waals surface area contributed by atoms with Crippen LogP contribution in [0.15, 0.2) is 42.7 Å². The fourth-order valence-electron chi connectivity index (χ4n) is 3.74. The number of rotatable bonds is 4. The molecule has 3 heterocycles. The number of benzene rings is 1. The molecule has 160 valence electrons. The van der Waals surface area contributed by atoms with Gasteiger partial charge in [-0.2, -0.15) is 0 Å². The van der Waals surface area contributed by atoms with Crippen LogP contribution in [-0.4, -0.2) is 33.3 Å². The van der Waals surface area contributed by atoms with Crippen LogP contribution in [0.25, 0.3) is 0 Å². The van der Waals surface area contributed by atoms with E-state index in [-0.39, 0.29) is 11.9 Å². The lowest BCUT2D eigenvalue weighted by molar-refractivity contribution is -0.121. The van der Waals surface area contributed by atoms with Crippen molar-refractivity contribution in [3.8, 4) is 0 Å². The van der Waals surface area contributed by atoms with Gasteiger partial charge in [-0.05, 0) is 17.5 Å². The highest BCUT2D eigenvalue weighted by atomic mass is 35.5. The normalized spacial score (nSPS) is 18.5. The predicted octanol–water partition coefficient (Wildman–Crippen LogP) is 3.94. The zero-order valence-corrected chi connectivity index (χ0v) is 19.0. The van der Waals surface area contributed by atoms with Gasteiger partial charge < -0.3 is 10.6 Å². The number of carbonyl (C=O) groups is 2. The van der Waals surface area contributed by atoms with Gasteiger partial charge in [0, 0.05) is 48.5 Å². The Morgan fingerprint density at radius 1 is 1.32 bits per heavy atom. The van der Waals surface area contributed by atoms with Crippen molar-refractivity contribution in [3.63, 3.8) is 0 Å². The van der Waals surface area contributed by atoms with Crippen LogP contribution in [0.3, 0.4) is 0 Å². The molecular weight excluding hydrogens is 456 g/mol. The highest BCUT2D eigenvalue weighted by molar-refractivity contribution is 7.22. The van der Waals surface area contributed by atoms with Gasteiger partial charge in [0.25, 0.3) is 0 Å². The Morgan fingerprint density at radius 3 is 2.87 bits per heavy atom. The van der Waals surface area contributed by atoms with Crippen molar-refractivity contribution in [1.29, 1.82) is 0 Å². The molecule has 3 amide bonds. The molecule has 1 saturated heterocycles. The number of amides is 3. The smallest absolute Gasteiger partial charge is 0.320 e. The molecule has 0 aliphatic carbocycles. The van der Waals surface area contributed by atoms with Gasteiger partial charge >= 0.3 is 6.03 Å². The van der Waals surface area contributed by atoms with Crippen molar-refractivity contribution in [2.24, 2.45) is 0 Å². The summed E-state index contributed by atoms with van der Waals surface area (Å²) in [6, 6.07) is 7.20. The van der Waals surface area contributed by atoms with Crippen LogP contribution >= 0.6 is 32.1 Å². The van der Waals surface area contributed by atoms with Gasteiger partial charge in [-0.3, -0.25) is 15.0 Å². The number of nitrogens with zero attached hydrogens (tertiary/aromatic N) is 2. The first-order chi connectivity index (χ1) is 14.8. The summed E-state index contributed by atoms with van der Waals surface area (Å²) in [5, 5.41) is 8.92. The second-order valence-electron chi connectivity index (χ2n) is 7.39. The van der Waals surface area contributed by atoms with Gasteiger partial charge in [0.2, 0.25) is 5.91 Å². The zero-order valence-electron chi connectivity index (χ0n) is 16.5. The second-order valence-corrected chi connectivity index (χ2v) is 8.68. The maximum Gasteiger partial charge on any atom is 0.320 e. The number of anilines is 1. The minimum absolute atomic E-state index is 0.0104. The standard InChI is InChI=1S/C21H20Cl2N5O2P/c1-11-17(4-5-19(29)26-11)28-10-13-6-12(2-3-14(13)20(28)31)8-25-21(30)27-18-7-15(22)16(23)9-24-18/h2-3,6-7,9,17,31H,1,4-5,8,10H2,(H,26,29)(H2,24,25,27,30). The largest absolute Gasteiger partial charge is 0.334 e. The summed E-state index contributed by atoms with van der Waals surface area (Å²) < 4.78 is 0. The van der Waals surface area contributed by atoms with E-state index in [0.717, 1.165) is 28.5 Å². The molecule has 7 nitrogen and oxygen atoms in total. The molecule has 0 radical (unpaired) electrons. The Balaban J connectivity index is 1.38. The van der Waals surface area contributed by atoms with Crippen molar-refractivity contribution in [2.45, 2.75) is 32.0 Å². The number of urea groups is 1. The zero-order chi connectivity index (χ0) is 22.1. The molecule has 0 saturated carbocycles. The van der Waals surface area contributed by atoms with E-state index in [0.29, 0.717) is 41.1 Å². The number of nitrogens with one attached hydrogen (secondary N) is 3. The number of hydrogen-bond donors (Lipinski definition) is 3. The van der Waals surface area contributed by atoms with Crippen LogP contribution in [0.1, 0.15) is 29.5 Å². The van der Waals surface area contributed by atoms with Gasteiger partial charge in [-0.1, -0.05) is 48.0 Å². The summed E-state index contributed by atoms with van der Waals surface area (Å²) in [7, 11) is 3.76. The summed E-state index contributed by atoms with van der Waals surface area (Å²) in [6.07, 6.45) is 2.59. The van der Waals surface area contributed by atoms with Gasteiger partial charge in [0.15, 0.2) is 0 Å². The summed E-state index contributed by atoms with van der Waals surface area (Å²) >= 11 is 11.8. The van der Waals surface area contributed by atoms with E-state index in [9.17, 15) is 9.59 Å². The first kappa shape index (κ1) is 21.8. The highest BCUT2D eigenvalue weighted by Crippen LogP contribution is 2.31. The maximum absolute atomic E-state index is 12.2. The fraction of sp³-hybridized carbons (Fsp3) is 0.238. The van der Waals surface area contributed by atoms with Gasteiger partial charge in [0.1, 0.15) is 5.82 Å². The van der Waals surface area contributed by atoms with Gasteiger partial charge in [-0.25, -0.2) is 9.78 Å². The summed E-state index contributed by atoms with van der Waals surface area (Å²) in [5.41, 5.74) is 4.89. The average molecular weight is 476 g/mol. The first-order valence-corrected chi connectivity index (χ1v) is 10.9. The van der Waals surface area contributed by atoms with Crippen molar-refractivity contribution in [2.75, 3.05) is 5.32 Å². The van der Waals surface area contributed by atoms with Crippen LogP contribution in [0.4, 0.5) is 10.6 Å². The lowest BCUT2D eigenvalue weighted by Crippen LogP contribution is -2.45. The van der Waals surface area contributed by atoms with Crippen molar-refractivity contribution in [1.82, 2.24) is 20.5 Å². The van der Waals surface area contributed by atoms with Crippen LogP contribution in [0.5, 0.6) is 0 Å². The molecule has 10 heteroatoms. The highest BCUT2D eigenvalue weighted by Gasteiger charge is 2.34. The molecular formula is C21H20Cl2N5O2P. The third kappa shape index (κ3) is 4.75. The predicted molar refractivity (Wildman–Crippen MR) is 125 cm³/mol. The topological polar surface area (TPSA) is 86.4 Å². The van der Waals surface area contributed by atoms with E-state index in [2.05, 4.69) is 47.3 Å². The molecule has 0 spiro atoms. The number of fused-ring (bicyclic) bond motifs is 1. The van der Waals surface area contributed by atoms with Crippen LogP contribution in [-0.2, 0) is 17.9 Å². The molecule has 1 aromatic carbocycles. The maximum atomic E-state index is 12.2. The molecule has 1 unspecified atom stereocenters. The average Bonchev–Trinajstić information content (AvgIpc) is 3.05. The monoisotopic (exact) mass is 475 g/mol. The number of halogens is 2. The van der Waals surface area contributed by atoms with Crippen LogP contribution in [0, 0.1) is 0 Å². The summed E-state index contributed by atoms with van der Waals surface area (Å²) in [5.74, 6) is 0.325. The van der Waals surface area contributed by atoms with Crippen LogP contribution < -0.4 is 16.0 Å². The molecule has 3 N–H and O–H groups in total. The van der Waals surface area contributed by atoms with E-state index < -0.39 is 6.03 Å². The summed E-state index contributed by atoms with van der Waals surface area (Å²) in [6.45, 7) is 5.06. The van der Waals surface area contributed by atoms with E-state index in [1.807, 2.05) is 12.1 Å². The number of carbonyl (C=O) groups excluding carboxylic acids is 2. The summed E-state index contributed by atoms with van der Waals surface area (Å²) in [4.78, 5) is 30.0. The van der Waals surface area contributed by atoms with Gasteiger partial charge in [0.05, 0.1) is 16.1 Å². The third-order valence-electron chi connectivity index (χ3n) is 5.28.